The molecule has 1 aliphatic rings. The lowest BCUT2D eigenvalue weighted by molar-refractivity contribution is -0.802. The fraction of sp³-hybridized carbons (Fsp3) is 0.583. The quantitative estimate of drug-likeness (QED) is 0.677. The first kappa shape index (κ1) is 13.9. The zero-order valence-corrected chi connectivity index (χ0v) is 9.88. The molecule has 0 saturated carbocycles. The zero-order valence-electron chi connectivity index (χ0n) is 9.88. The van der Waals surface area contributed by atoms with E-state index in [4.69, 9.17) is 9.90 Å². The maximum atomic E-state index is 8.89. The van der Waals surface area contributed by atoms with Crippen molar-refractivity contribution in [2.75, 3.05) is 6.54 Å². The molecule has 1 aliphatic heterocycles. The molecule has 0 aromatic heterocycles. The van der Waals surface area contributed by atoms with Crippen LogP contribution in [-0.4, -0.2) is 12.5 Å². The number of hydrogen-bond donors (Lipinski definition) is 1. The number of nitrogens with one attached hydrogen (secondary N) is 1. The van der Waals surface area contributed by atoms with Crippen LogP contribution in [-0.2, 0) is 4.79 Å². The monoisotopic (exact) mass is 211 g/mol. The second-order valence-corrected chi connectivity index (χ2v) is 3.68. The molecule has 1 atom stereocenters. The number of quaternary nitrogens is 1. The Bertz CT molecular complexity index is 240. The van der Waals surface area contributed by atoms with Crippen molar-refractivity contribution in [1.82, 2.24) is 0 Å². The molecule has 0 fully saturated rings. The maximum Gasteiger partial charge on any atom is 0.109 e. The predicted octanol–water partition coefficient (Wildman–Crippen LogP) is 0.249. The van der Waals surface area contributed by atoms with Gasteiger partial charge in [-0.05, 0) is 31.9 Å². The Morgan fingerprint density at radius 3 is 2.47 bits per heavy atom. The third kappa shape index (κ3) is 7.94. The summed E-state index contributed by atoms with van der Waals surface area (Å²) in [4.78, 5) is 10.4. The number of carboxylic acid groups (broad SMARTS) is 1. The van der Waals surface area contributed by atoms with E-state index in [2.05, 4.69) is 32.2 Å². The summed E-state index contributed by atoms with van der Waals surface area (Å²) in [7, 11) is 0. The summed E-state index contributed by atoms with van der Waals surface area (Å²) in [6.45, 7) is 6.69. The lowest BCUT2D eigenvalue weighted by Crippen LogP contribution is -3.04. The molecule has 0 radical (unpaired) electrons. The van der Waals surface area contributed by atoms with Crippen LogP contribution in [0.25, 0.3) is 0 Å². The van der Waals surface area contributed by atoms with Gasteiger partial charge in [-0.15, -0.1) is 0 Å². The SMILES string of the molecule is CC(=O)[O-].CCCCC[NH+]1C=CC=C1C. The van der Waals surface area contributed by atoms with Gasteiger partial charge in [-0.2, -0.15) is 0 Å². The third-order valence-corrected chi connectivity index (χ3v) is 2.20. The van der Waals surface area contributed by atoms with Crippen molar-refractivity contribution in [1.29, 1.82) is 0 Å². The van der Waals surface area contributed by atoms with Crippen LogP contribution in [0.1, 0.15) is 40.0 Å². The molecule has 0 aromatic carbocycles. The highest BCUT2D eigenvalue weighted by atomic mass is 16.4. The molecule has 0 aromatic rings. The van der Waals surface area contributed by atoms with E-state index in [1.54, 1.807) is 4.90 Å². The van der Waals surface area contributed by atoms with Crippen LogP contribution in [0.5, 0.6) is 0 Å². The highest BCUT2D eigenvalue weighted by Crippen LogP contribution is 1.93. The van der Waals surface area contributed by atoms with Gasteiger partial charge in [-0.3, -0.25) is 4.90 Å². The average molecular weight is 211 g/mol. The summed E-state index contributed by atoms with van der Waals surface area (Å²) in [6, 6.07) is 0. The van der Waals surface area contributed by atoms with Crippen LogP contribution in [0.4, 0.5) is 0 Å². The fourth-order valence-corrected chi connectivity index (χ4v) is 1.39. The van der Waals surface area contributed by atoms with E-state index in [0.717, 1.165) is 6.92 Å². The number of allylic oxidation sites excluding steroid dienone is 3. The minimum absolute atomic E-state index is 0.972. The van der Waals surface area contributed by atoms with Gasteiger partial charge in [0.25, 0.3) is 0 Å². The van der Waals surface area contributed by atoms with Crippen LogP contribution in [0, 0.1) is 0 Å². The van der Waals surface area contributed by atoms with Gasteiger partial charge in [0, 0.05) is 12.9 Å². The molecule has 1 heterocycles. The lowest BCUT2D eigenvalue weighted by Gasteiger charge is -2.10. The average Bonchev–Trinajstić information content (AvgIpc) is 2.51. The molecule has 0 spiro atoms. The van der Waals surface area contributed by atoms with E-state index in [9.17, 15) is 0 Å². The highest BCUT2D eigenvalue weighted by Gasteiger charge is 2.09. The van der Waals surface area contributed by atoms with Gasteiger partial charge in [-0.25, -0.2) is 0 Å². The second kappa shape index (κ2) is 8.24. The van der Waals surface area contributed by atoms with E-state index >= 15 is 0 Å². The first-order chi connectivity index (χ1) is 7.07. The highest BCUT2D eigenvalue weighted by molar-refractivity contribution is 5.60. The zero-order chi connectivity index (χ0) is 11.7. The van der Waals surface area contributed by atoms with E-state index < -0.39 is 5.97 Å². The Kier molecular flexibility index (Phi) is 7.64. The summed E-state index contributed by atoms with van der Waals surface area (Å²) in [6.07, 6.45) is 10.6. The minimum Gasteiger partial charge on any atom is -0.550 e. The summed E-state index contributed by atoms with van der Waals surface area (Å²) in [5.41, 5.74) is 1.46. The third-order valence-electron chi connectivity index (χ3n) is 2.20. The van der Waals surface area contributed by atoms with Crippen molar-refractivity contribution in [2.24, 2.45) is 0 Å². The Labute approximate surface area is 92.1 Å². The van der Waals surface area contributed by atoms with Crippen molar-refractivity contribution >= 4 is 5.97 Å². The van der Waals surface area contributed by atoms with E-state index in [1.807, 2.05) is 0 Å². The van der Waals surface area contributed by atoms with Crippen molar-refractivity contribution in [3.05, 3.63) is 24.0 Å². The van der Waals surface area contributed by atoms with Gasteiger partial charge < -0.3 is 9.90 Å². The smallest absolute Gasteiger partial charge is 0.109 e. The van der Waals surface area contributed by atoms with Crippen LogP contribution in [0.3, 0.4) is 0 Å². The Morgan fingerprint density at radius 2 is 2.07 bits per heavy atom. The van der Waals surface area contributed by atoms with Gasteiger partial charge in [0.05, 0.1) is 12.7 Å². The minimum atomic E-state index is -1.08. The molecule has 0 saturated heterocycles. The van der Waals surface area contributed by atoms with Gasteiger partial charge >= 0.3 is 0 Å². The van der Waals surface area contributed by atoms with E-state index in [1.165, 1.54) is 31.5 Å². The second-order valence-electron chi connectivity index (χ2n) is 3.68. The number of hydrogen-bond acceptors (Lipinski definition) is 2. The molecular formula is C12H21NO2. The topological polar surface area (TPSA) is 44.6 Å². The Morgan fingerprint density at radius 1 is 1.47 bits per heavy atom. The summed E-state index contributed by atoms with van der Waals surface area (Å²) in [5, 5.41) is 8.89. The molecule has 3 nitrogen and oxygen atoms in total. The fourth-order valence-electron chi connectivity index (χ4n) is 1.39. The van der Waals surface area contributed by atoms with Crippen LogP contribution >= 0.6 is 0 Å². The number of aliphatic carboxylic acids is 1. The maximum absolute atomic E-state index is 8.89. The standard InChI is InChI=1S/C10H17N.C2H4O2/c1-3-4-5-8-11-9-6-7-10(11)2;1-2(3)4/h6-7,9H,3-5,8H2,1-2H3;1H3,(H,3,4). The number of rotatable bonds is 4. The van der Waals surface area contributed by atoms with E-state index in [0.29, 0.717) is 0 Å². The molecule has 0 amide bonds. The Balaban J connectivity index is 0.000000423. The van der Waals surface area contributed by atoms with Crippen molar-refractivity contribution < 1.29 is 14.8 Å². The van der Waals surface area contributed by atoms with Gasteiger partial charge in [0.2, 0.25) is 0 Å². The van der Waals surface area contributed by atoms with Crippen LogP contribution in [0.15, 0.2) is 24.0 Å². The number of carbonyl (C=O) groups is 1. The Hall–Kier alpha value is -1.09. The van der Waals surface area contributed by atoms with Crippen LogP contribution < -0.4 is 10.0 Å². The number of unbranched alkanes of at least 4 members (excludes halogenated alkanes) is 2. The van der Waals surface area contributed by atoms with Gasteiger partial charge in [0.1, 0.15) is 5.70 Å². The predicted molar refractivity (Wildman–Crippen MR) is 58.9 cm³/mol. The first-order valence-electron chi connectivity index (χ1n) is 5.46. The van der Waals surface area contributed by atoms with E-state index in [-0.39, 0.29) is 0 Å². The molecule has 1 unspecified atom stereocenters. The molecule has 0 aliphatic carbocycles. The summed E-state index contributed by atoms with van der Waals surface area (Å²) >= 11 is 0. The van der Waals surface area contributed by atoms with Crippen LogP contribution in [0.2, 0.25) is 0 Å². The first-order valence-corrected chi connectivity index (χ1v) is 5.46. The molecule has 1 rings (SSSR count). The normalized spacial score (nSPS) is 18.1. The van der Waals surface area contributed by atoms with Gasteiger partial charge in [-0.1, -0.05) is 13.3 Å². The number of carbonyl (C=O) groups excluding carboxylic acids is 1. The molecule has 3 heteroatoms. The lowest BCUT2D eigenvalue weighted by atomic mass is 10.2. The summed E-state index contributed by atoms with van der Waals surface area (Å²) in [5.74, 6) is -1.08. The molecule has 86 valence electrons. The van der Waals surface area contributed by atoms with Crippen molar-refractivity contribution in [2.45, 2.75) is 40.0 Å². The van der Waals surface area contributed by atoms with Crippen molar-refractivity contribution in [3.8, 4) is 0 Å². The number of carboxylic acids is 1. The molecule has 1 N–H and O–H groups in total. The summed E-state index contributed by atoms with van der Waals surface area (Å²) < 4.78 is 0. The van der Waals surface area contributed by atoms with Crippen molar-refractivity contribution in [3.63, 3.8) is 0 Å². The molecule has 15 heavy (non-hydrogen) atoms. The largest absolute Gasteiger partial charge is 0.550 e. The molecule has 0 bridgehead atoms. The van der Waals surface area contributed by atoms with Gasteiger partial charge in [0.15, 0.2) is 0 Å². The molecular weight excluding hydrogens is 190 g/mol.